The second-order valence-electron chi connectivity index (χ2n) is 2.87. The van der Waals surface area contributed by atoms with Gasteiger partial charge in [-0.25, -0.2) is 8.78 Å². The summed E-state index contributed by atoms with van der Waals surface area (Å²) in [5.41, 5.74) is 5.05. The van der Waals surface area contributed by atoms with Crippen LogP contribution in [0.3, 0.4) is 0 Å². The molecule has 1 aromatic carbocycles. The van der Waals surface area contributed by atoms with Crippen molar-refractivity contribution in [1.82, 2.24) is 0 Å². The van der Waals surface area contributed by atoms with E-state index in [0.29, 0.717) is 0 Å². The lowest BCUT2D eigenvalue weighted by molar-refractivity contribution is 0.114. The highest BCUT2D eigenvalue weighted by atomic mass is 35.5. The number of ether oxygens (including phenoxy) is 1. The van der Waals surface area contributed by atoms with Gasteiger partial charge in [-0.1, -0.05) is 11.6 Å². The topological polar surface area (TPSA) is 55.5 Å². The molecule has 0 radical (unpaired) electrons. The monoisotopic (exact) mass is 273 g/mol. The highest BCUT2D eigenvalue weighted by Gasteiger charge is 2.25. The van der Waals surface area contributed by atoms with E-state index < -0.39 is 18.2 Å². The molecule has 0 aliphatic carbocycles. The van der Waals surface area contributed by atoms with Gasteiger partial charge in [0.2, 0.25) is 0 Å². The van der Waals surface area contributed by atoms with Crippen molar-refractivity contribution in [3.05, 3.63) is 22.7 Å². The Bertz CT molecular complexity index is 364. The van der Waals surface area contributed by atoms with Crippen LogP contribution in [0.4, 0.5) is 8.78 Å². The van der Waals surface area contributed by atoms with Gasteiger partial charge >= 0.3 is 0 Å². The van der Waals surface area contributed by atoms with Gasteiger partial charge in [0.05, 0.1) is 23.7 Å². The van der Waals surface area contributed by atoms with E-state index >= 15 is 0 Å². The van der Waals surface area contributed by atoms with Crippen molar-refractivity contribution in [1.29, 1.82) is 0 Å². The number of phenols is 1. The fourth-order valence-corrected chi connectivity index (χ4v) is 1.35. The second kappa shape index (κ2) is 6.08. The van der Waals surface area contributed by atoms with Crippen LogP contribution in [0.5, 0.6) is 11.5 Å². The average Bonchev–Trinajstić information content (AvgIpc) is 2.20. The maximum atomic E-state index is 12.4. The number of hydrogen-bond donors (Lipinski definition) is 2. The number of hydrogen-bond acceptors (Lipinski definition) is 3. The number of alkyl halides is 2. The minimum atomic E-state index is -2.80. The summed E-state index contributed by atoms with van der Waals surface area (Å²) in [5, 5.41) is 9.46. The molecule has 0 amide bonds. The molecule has 0 aliphatic rings. The summed E-state index contributed by atoms with van der Waals surface area (Å²) >= 11 is 5.59. The third-order valence-corrected chi connectivity index (χ3v) is 2.26. The molecule has 0 heterocycles. The molecule has 0 aromatic heterocycles. The fourth-order valence-electron chi connectivity index (χ4n) is 1.19. The average molecular weight is 274 g/mol. The van der Waals surface area contributed by atoms with Gasteiger partial charge < -0.3 is 15.6 Å². The maximum Gasteiger partial charge on any atom is 0.257 e. The number of methoxy groups -OCH3 is 1. The van der Waals surface area contributed by atoms with Crippen LogP contribution < -0.4 is 10.5 Å². The lowest BCUT2D eigenvalue weighted by Gasteiger charge is -2.16. The highest BCUT2D eigenvalue weighted by molar-refractivity contribution is 6.32. The third kappa shape index (κ3) is 2.87. The normalized spacial score (nSPS) is 12.1. The quantitative estimate of drug-likeness (QED) is 0.891. The largest absolute Gasteiger partial charge is 0.506 e. The molecule has 7 heteroatoms. The van der Waals surface area contributed by atoms with E-state index in [-0.39, 0.29) is 28.7 Å². The van der Waals surface area contributed by atoms with Crippen molar-refractivity contribution in [2.75, 3.05) is 7.11 Å². The van der Waals surface area contributed by atoms with Crippen LogP contribution in [0.25, 0.3) is 0 Å². The van der Waals surface area contributed by atoms with Crippen molar-refractivity contribution in [3.63, 3.8) is 0 Å². The van der Waals surface area contributed by atoms with E-state index in [1.807, 2.05) is 0 Å². The molecule has 3 nitrogen and oxygen atoms in total. The zero-order chi connectivity index (χ0) is 11.6. The molecule has 1 atom stereocenters. The minimum Gasteiger partial charge on any atom is -0.506 e. The first-order valence-corrected chi connectivity index (χ1v) is 4.46. The Balaban J connectivity index is 0.00000225. The molecule has 3 N–H and O–H groups in total. The van der Waals surface area contributed by atoms with Crippen molar-refractivity contribution in [3.8, 4) is 11.5 Å². The van der Waals surface area contributed by atoms with Crippen molar-refractivity contribution >= 4 is 24.0 Å². The number of halogens is 4. The predicted molar refractivity (Wildman–Crippen MR) is 59.8 cm³/mol. The van der Waals surface area contributed by atoms with Gasteiger partial charge in [0, 0.05) is 0 Å². The lowest BCUT2D eigenvalue weighted by Crippen LogP contribution is -2.20. The van der Waals surface area contributed by atoms with Crippen LogP contribution >= 0.6 is 24.0 Å². The van der Waals surface area contributed by atoms with Gasteiger partial charge in [0.25, 0.3) is 6.43 Å². The molecule has 0 aliphatic heterocycles. The number of nitrogens with two attached hydrogens (primary N) is 1. The van der Waals surface area contributed by atoms with Crippen molar-refractivity contribution in [2.45, 2.75) is 12.5 Å². The molecule has 0 unspecified atom stereocenters. The Morgan fingerprint density at radius 1 is 1.44 bits per heavy atom. The van der Waals surface area contributed by atoms with Crippen LogP contribution in [0, 0.1) is 0 Å². The van der Waals surface area contributed by atoms with Crippen LogP contribution in [0.2, 0.25) is 5.02 Å². The van der Waals surface area contributed by atoms with Gasteiger partial charge in [0.1, 0.15) is 11.5 Å². The van der Waals surface area contributed by atoms with Crippen LogP contribution in [0.1, 0.15) is 11.6 Å². The first kappa shape index (κ1) is 15.2. The first-order chi connectivity index (χ1) is 6.99. The molecule has 16 heavy (non-hydrogen) atoms. The number of phenolic OH excluding ortho intramolecular Hbond substituents is 1. The van der Waals surface area contributed by atoms with E-state index in [4.69, 9.17) is 22.1 Å². The molecular weight excluding hydrogens is 263 g/mol. The highest BCUT2D eigenvalue weighted by Crippen LogP contribution is 2.39. The standard InChI is InChI=1S/C9H10ClF2NO2.ClH/c1-15-5-3-2-4(10)8(14)6(5)7(13)9(11)12;/h2-3,7,9,14H,13H2,1H3;1H/t7-;/m0./s1. The molecule has 0 bridgehead atoms. The summed E-state index contributed by atoms with van der Waals surface area (Å²) in [4.78, 5) is 0. The third-order valence-electron chi connectivity index (χ3n) is 1.95. The molecule has 0 saturated carbocycles. The van der Waals surface area contributed by atoms with Gasteiger partial charge in [-0.05, 0) is 12.1 Å². The summed E-state index contributed by atoms with van der Waals surface area (Å²) in [6.45, 7) is 0. The van der Waals surface area contributed by atoms with E-state index in [0.717, 1.165) is 0 Å². The summed E-state index contributed by atoms with van der Waals surface area (Å²) < 4.78 is 29.6. The lowest BCUT2D eigenvalue weighted by atomic mass is 10.1. The van der Waals surface area contributed by atoms with E-state index in [1.165, 1.54) is 19.2 Å². The SMILES string of the molecule is COc1ccc(Cl)c(O)c1[C@H](N)C(F)F.Cl. The Labute approximate surface area is 103 Å². The summed E-state index contributed by atoms with van der Waals surface area (Å²) in [6, 6.07) is 1.09. The maximum absolute atomic E-state index is 12.4. The molecular formula is C9H11Cl2F2NO2. The zero-order valence-electron chi connectivity index (χ0n) is 8.28. The van der Waals surface area contributed by atoms with Crippen LogP contribution in [-0.4, -0.2) is 18.6 Å². The molecule has 0 spiro atoms. The Hall–Kier alpha value is -0.780. The van der Waals surface area contributed by atoms with Gasteiger partial charge in [-0.15, -0.1) is 12.4 Å². The van der Waals surface area contributed by atoms with Crippen LogP contribution in [0.15, 0.2) is 12.1 Å². The second-order valence-corrected chi connectivity index (χ2v) is 3.28. The van der Waals surface area contributed by atoms with E-state index in [2.05, 4.69) is 0 Å². The van der Waals surface area contributed by atoms with Gasteiger partial charge in [0.15, 0.2) is 0 Å². The molecule has 1 aromatic rings. The Morgan fingerprint density at radius 2 is 2.00 bits per heavy atom. The number of aromatic hydroxyl groups is 1. The van der Waals surface area contributed by atoms with E-state index in [9.17, 15) is 13.9 Å². The smallest absolute Gasteiger partial charge is 0.257 e. The summed E-state index contributed by atoms with van der Waals surface area (Å²) in [7, 11) is 1.30. The predicted octanol–water partition coefficient (Wildman–Crippen LogP) is 2.74. The number of rotatable bonds is 3. The van der Waals surface area contributed by atoms with Gasteiger partial charge in [-0.2, -0.15) is 0 Å². The minimum absolute atomic E-state index is 0. The zero-order valence-corrected chi connectivity index (χ0v) is 9.86. The molecule has 92 valence electrons. The number of benzene rings is 1. The first-order valence-electron chi connectivity index (χ1n) is 4.08. The van der Waals surface area contributed by atoms with E-state index in [1.54, 1.807) is 0 Å². The summed E-state index contributed by atoms with van der Waals surface area (Å²) in [6.07, 6.45) is -2.80. The van der Waals surface area contributed by atoms with Crippen molar-refractivity contribution < 1.29 is 18.6 Å². The Morgan fingerprint density at radius 3 is 2.44 bits per heavy atom. The molecule has 0 saturated heterocycles. The molecule has 1 rings (SSSR count). The van der Waals surface area contributed by atoms with Crippen molar-refractivity contribution in [2.24, 2.45) is 5.73 Å². The molecule has 0 fully saturated rings. The van der Waals surface area contributed by atoms with Gasteiger partial charge in [-0.3, -0.25) is 0 Å². The fraction of sp³-hybridized carbons (Fsp3) is 0.333. The Kier molecular flexibility index (Phi) is 5.78. The summed E-state index contributed by atoms with van der Waals surface area (Å²) in [5.74, 6) is -0.381. The van der Waals surface area contributed by atoms with Crippen LogP contribution in [-0.2, 0) is 0 Å².